The number of benzene rings is 2. The van der Waals surface area contributed by atoms with Crippen LogP contribution in [0.25, 0.3) is 0 Å². The summed E-state index contributed by atoms with van der Waals surface area (Å²) in [4.78, 5) is 26.0. The summed E-state index contributed by atoms with van der Waals surface area (Å²) < 4.78 is 11.1. The van der Waals surface area contributed by atoms with Crippen molar-refractivity contribution in [2.24, 2.45) is 0 Å². The van der Waals surface area contributed by atoms with Gasteiger partial charge in [0.2, 0.25) is 5.91 Å². The number of nitrogens with zero attached hydrogens (tertiary/aromatic N) is 1. The Bertz CT molecular complexity index is 772. The molecule has 0 aromatic heterocycles. The van der Waals surface area contributed by atoms with Gasteiger partial charge < -0.3 is 14.4 Å². The van der Waals surface area contributed by atoms with Gasteiger partial charge in [-0.2, -0.15) is 0 Å². The fraction of sp³-hybridized carbons (Fsp3) is 0.300. The smallest absolute Gasteiger partial charge is 0.338 e. The molecule has 128 valence electrons. The van der Waals surface area contributed by atoms with Gasteiger partial charge in [-0.05, 0) is 24.1 Å². The molecule has 5 nitrogen and oxygen atoms in total. The topological polar surface area (TPSA) is 55.8 Å². The fourth-order valence-electron chi connectivity index (χ4n) is 3.38. The van der Waals surface area contributed by atoms with E-state index in [1.807, 2.05) is 47.4 Å². The molecule has 0 aliphatic carbocycles. The summed E-state index contributed by atoms with van der Waals surface area (Å²) in [6, 6.07) is 16.9. The van der Waals surface area contributed by atoms with Gasteiger partial charge in [-0.3, -0.25) is 4.79 Å². The highest BCUT2D eigenvalue weighted by molar-refractivity contribution is 5.89. The highest BCUT2D eigenvalue weighted by Crippen LogP contribution is 2.37. The Labute approximate surface area is 146 Å². The van der Waals surface area contributed by atoms with Crippen LogP contribution < -0.4 is 0 Å². The Hall–Kier alpha value is -2.66. The lowest BCUT2D eigenvalue weighted by molar-refractivity contribution is -0.134. The van der Waals surface area contributed by atoms with Crippen molar-refractivity contribution >= 4 is 11.9 Å². The summed E-state index contributed by atoms with van der Waals surface area (Å²) in [5, 5.41) is 0. The van der Waals surface area contributed by atoms with Crippen molar-refractivity contribution in [3.8, 4) is 0 Å². The Balaban J connectivity index is 1.41. The number of ether oxygens (including phenoxy) is 2. The van der Waals surface area contributed by atoms with E-state index in [0.29, 0.717) is 18.6 Å². The van der Waals surface area contributed by atoms with Crippen LogP contribution in [0.4, 0.5) is 0 Å². The second-order valence-electron chi connectivity index (χ2n) is 6.36. The minimum Gasteiger partial charge on any atom is -0.457 e. The number of fused-ring (bicyclic) bond motifs is 1. The van der Waals surface area contributed by atoms with Crippen LogP contribution in [0.2, 0.25) is 0 Å². The van der Waals surface area contributed by atoms with Crippen molar-refractivity contribution in [1.29, 1.82) is 0 Å². The van der Waals surface area contributed by atoms with Gasteiger partial charge >= 0.3 is 5.97 Å². The molecule has 5 heteroatoms. The highest BCUT2D eigenvalue weighted by atomic mass is 16.5. The molecular formula is C20H19NO4. The molecule has 2 aromatic rings. The number of carbonyl (C=O) groups is 2. The molecule has 0 saturated carbocycles. The summed E-state index contributed by atoms with van der Waals surface area (Å²) >= 11 is 0. The van der Waals surface area contributed by atoms with Crippen molar-refractivity contribution < 1.29 is 19.1 Å². The Kier molecular flexibility index (Phi) is 4.24. The Morgan fingerprint density at radius 1 is 1.12 bits per heavy atom. The summed E-state index contributed by atoms with van der Waals surface area (Å²) in [7, 11) is 0. The van der Waals surface area contributed by atoms with Gasteiger partial charge in [0.05, 0.1) is 18.2 Å². The SMILES string of the molecule is O=C(OCc1ccccc1)c1ccc([C@H]2OCC3CCC(=O)N32)cc1. The van der Waals surface area contributed by atoms with E-state index in [1.54, 1.807) is 12.1 Å². The molecule has 0 radical (unpaired) electrons. The van der Waals surface area contributed by atoms with Crippen molar-refractivity contribution in [3.05, 3.63) is 71.3 Å². The first-order chi connectivity index (χ1) is 12.2. The van der Waals surface area contributed by atoms with E-state index in [0.717, 1.165) is 17.5 Å². The minimum absolute atomic E-state index is 0.138. The van der Waals surface area contributed by atoms with E-state index in [2.05, 4.69) is 0 Å². The van der Waals surface area contributed by atoms with Gasteiger partial charge in [-0.15, -0.1) is 0 Å². The second kappa shape index (κ2) is 6.69. The molecule has 2 fully saturated rings. The molecule has 2 heterocycles. The predicted molar refractivity (Wildman–Crippen MR) is 90.6 cm³/mol. The zero-order valence-corrected chi connectivity index (χ0v) is 13.8. The molecule has 2 atom stereocenters. The standard InChI is InChI=1S/C20H19NO4/c22-18-11-10-17-13-24-19(21(17)18)15-6-8-16(9-7-15)20(23)25-12-14-4-2-1-3-5-14/h1-9,17,19H,10-13H2/t17?,19-/m1/s1. The van der Waals surface area contributed by atoms with Gasteiger partial charge in [-0.1, -0.05) is 42.5 Å². The van der Waals surface area contributed by atoms with Crippen molar-refractivity contribution in [1.82, 2.24) is 4.90 Å². The van der Waals surface area contributed by atoms with E-state index in [1.165, 1.54) is 0 Å². The van der Waals surface area contributed by atoms with Crippen molar-refractivity contribution in [2.45, 2.75) is 31.7 Å². The molecule has 2 saturated heterocycles. The van der Waals surface area contributed by atoms with Crippen LogP contribution in [0.15, 0.2) is 54.6 Å². The summed E-state index contributed by atoms with van der Waals surface area (Å²) in [5.74, 6) is -0.225. The lowest BCUT2D eigenvalue weighted by Gasteiger charge is -2.22. The summed E-state index contributed by atoms with van der Waals surface area (Å²) in [5.41, 5.74) is 2.32. The molecule has 0 bridgehead atoms. The van der Waals surface area contributed by atoms with E-state index < -0.39 is 0 Å². The molecule has 1 amide bonds. The third-order valence-electron chi connectivity index (χ3n) is 4.72. The van der Waals surface area contributed by atoms with Gasteiger partial charge in [0.15, 0.2) is 6.23 Å². The van der Waals surface area contributed by atoms with Crippen LogP contribution in [-0.2, 0) is 20.9 Å². The molecule has 1 unspecified atom stereocenters. The van der Waals surface area contributed by atoms with Crippen LogP contribution in [0.3, 0.4) is 0 Å². The average molecular weight is 337 g/mol. The van der Waals surface area contributed by atoms with E-state index in [4.69, 9.17) is 9.47 Å². The van der Waals surface area contributed by atoms with Crippen LogP contribution >= 0.6 is 0 Å². The zero-order chi connectivity index (χ0) is 17.2. The Morgan fingerprint density at radius 3 is 2.64 bits per heavy atom. The maximum atomic E-state index is 12.2. The van der Waals surface area contributed by atoms with Gasteiger partial charge in [0.1, 0.15) is 6.61 Å². The zero-order valence-electron chi connectivity index (χ0n) is 13.8. The molecule has 2 aromatic carbocycles. The second-order valence-corrected chi connectivity index (χ2v) is 6.36. The number of carbonyl (C=O) groups excluding carboxylic acids is 2. The minimum atomic E-state index is -0.363. The fourth-order valence-corrected chi connectivity index (χ4v) is 3.38. The number of hydrogen-bond donors (Lipinski definition) is 0. The number of rotatable bonds is 4. The van der Waals surface area contributed by atoms with Crippen LogP contribution in [-0.4, -0.2) is 29.4 Å². The normalized spacial score (nSPS) is 22.1. The largest absolute Gasteiger partial charge is 0.457 e. The van der Waals surface area contributed by atoms with Gasteiger partial charge in [0, 0.05) is 12.0 Å². The van der Waals surface area contributed by atoms with Gasteiger partial charge in [-0.25, -0.2) is 4.79 Å². The molecule has 25 heavy (non-hydrogen) atoms. The van der Waals surface area contributed by atoms with Gasteiger partial charge in [0.25, 0.3) is 0 Å². The van der Waals surface area contributed by atoms with Crippen molar-refractivity contribution in [2.75, 3.05) is 6.61 Å². The number of amides is 1. The monoisotopic (exact) mass is 337 g/mol. The van der Waals surface area contributed by atoms with Crippen LogP contribution in [0.1, 0.15) is 40.6 Å². The average Bonchev–Trinajstić information content (AvgIpc) is 3.24. The molecule has 4 rings (SSSR count). The van der Waals surface area contributed by atoms with E-state index in [9.17, 15) is 9.59 Å². The van der Waals surface area contributed by atoms with E-state index in [-0.39, 0.29) is 30.8 Å². The lowest BCUT2D eigenvalue weighted by atomic mass is 10.1. The maximum Gasteiger partial charge on any atom is 0.338 e. The number of esters is 1. The van der Waals surface area contributed by atoms with Crippen LogP contribution in [0.5, 0.6) is 0 Å². The lowest BCUT2D eigenvalue weighted by Crippen LogP contribution is -2.30. The third-order valence-corrected chi connectivity index (χ3v) is 4.72. The highest BCUT2D eigenvalue weighted by Gasteiger charge is 2.42. The number of hydrogen-bond acceptors (Lipinski definition) is 4. The third kappa shape index (κ3) is 3.15. The first kappa shape index (κ1) is 15.8. The summed E-state index contributed by atoms with van der Waals surface area (Å²) in [6.07, 6.45) is 1.11. The molecule has 0 spiro atoms. The van der Waals surface area contributed by atoms with Crippen LogP contribution in [0, 0.1) is 0 Å². The quantitative estimate of drug-likeness (QED) is 0.805. The van der Waals surface area contributed by atoms with E-state index >= 15 is 0 Å². The first-order valence-corrected chi connectivity index (χ1v) is 8.46. The molecule has 2 aliphatic rings. The Morgan fingerprint density at radius 2 is 1.88 bits per heavy atom. The predicted octanol–water partition coefficient (Wildman–Crippen LogP) is 3.06. The molecule has 0 N–H and O–H groups in total. The maximum absolute atomic E-state index is 12.2. The van der Waals surface area contributed by atoms with Crippen molar-refractivity contribution in [3.63, 3.8) is 0 Å². The first-order valence-electron chi connectivity index (χ1n) is 8.46. The molecule has 2 aliphatic heterocycles. The molecular weight excluding hydrogens is 318 g/mol. The summed E-state index contributed by atoms with van der Waals surface area (Å²) in [6.45, 7) is 0.828.